The molecule has 0 unspecified atom stereocenters. The summed E-state index contributed by atoms with van der Waals surface area (Å²) in [6.45, 7) is -0.741. The number of rotatable bonds is 3. The van der Waals surface area contributed by atoms with Crippen LogP contribution in [0.4, 0.5) is 4.79 Å². The minimum Gasteiger partial charge on any atom is -0.466 e. The van der Waals surface area contributed by atoms with Crippen LogP contribution in [0.25, 0.3) is 0 Å². The van der Waals surface area contributed by atoms with Gasteiger partial charge >= 0.3 is 12.1 Å². The van der Waals surface area contributed by atoms with Crippen LogP contribution in [0.1, 0.15) is 0 Å². The maximum atomic E-state index is 10.3. The first kappa shape index (κ1) is 9.70. The van der Waals surface area contributed by atoms with E-state index in [1.807, 2.05) is 0 Å². The van der Waals surface area contributed by atoms with Gasteiger partial charge in [0.2, 0.25) is 0 Å². The van der Waals surface area contributed by atoms with Gasteiger partial charge in [-0.3, -0.25) is 5.73 Å². The fourth-order valence-electron chi connectivity index (χ4n) is 0.286. The van der Waals surface area contributed by atoms with E-state index >= 15 is 0 Å². The van der Waals surface area contributed by atoms with Crippen molar-refractivity contribution in [3.05, 3.63) is 0 Å². The lowest BCUT2D eigenvalue weighted by atomic mass is 10.7. The Morgan fingerprint density at radius 1 is 1.36 bits per heavy atom. The second-order valence-electron chi connectivity index (χ2n) is 1.43. The van der Waals surface area contributed by atoms with Crippen LogP contribution in [0.3, 0.4) is 0 Å². The van der Waals surface area contributed by atoms with E-state index in [0.29, 0.717) is 0 Å². The maximum Gasteiger partial charge on any atom is 0.510 e. The van der Waals surface area contributed by atoms with E-state index in [0.717, 1.165) is 0 Å². The molecule has 0 aliphatic rings. The van der Waals surface area contributed by atoms with E-state index < -0.39 is 18.7 Å². The molecule has 0 aliphatic carbocycles. The van der Waals surface area contributed by atoms with E-state index in [1.54, 1.807) is 0 Å². The third kappa shape index (κ3) is 5.16. The number of carbonyl (C=O) groups is 2. The SMILES string of the molecule is COC(=O)COC(=O)OCN. The van der Waals surface area contributed by atoms with Crippen molar-refractivity contribution in [1.29, 1.82) is 0 Å². The molecule has 0 aromatic carbocycles. The fourth-order valence-corrected chi connectivity index (χ4v) is 0.286. The lowest BCUT2D eigenvalue weighted by Gasteiger charge is -2.01. The van der Waals surface area contributed by atoms with Crippen LogP contribution in [0.5, 0.6) is 0 Å². The maximum absolute atomic E-state index is 10.3. The first-order chi connectivity index (χ1) is 5.20. The van der Waals surface area contributed by atoms with Gasteiger partial charge in [-0.05, 0) is 0 Å². The molecule has 2 N–H and O–H groups in total. The van der Waals surface area contributed by atoms with Gasteiger partial charge in [0.05, 0.1) is 7.11 Å². The third-order valence-electron chi connectivity index (χ3n) is 0.737. The molecule has 0 saturated heterocycles. The predicted molar refractivity (Wildman–Crippen MR) is 33.5 cm³/mol. The summed E-state index contributed by atoms with van der Waals surface area (Å²) in [5.41, 5.74) is 4.83. The summed E-state index contributed by atoms with van der Waals surface area (Å²) in [6, 6.07) is 0. The Morgan fingerprint density at radius 3 is 2.45 bits per heavy atom. The molecule has 0 spiro atoms. The molecule has 0 aromatic heterocycles. The molecule has 0 radical (unpaired) electrons. The van der Waals surface area contributed by atoms with E-state index in [2.05, 4.69) is 14.2 Å². The molecule has 0 heterocycles. The second-order valence-corrected chi connectivity index (χ2v) is 1.43. The van der Waals surface area contributed by atoms with Crippen LogP contribution in [0.2, 0.25) is 0 Å². The number of ether oxygens (including phenoxy) is 3. The molecular formula is C5H9NO5. The fraction of sp³-hybridized carbons (Fsp3) is 0.600. The van der Waals surface area contributed by atoms with Gasteiger partial charge < -0.3 is 14.2 Å². The zero-order chi connectivity index (χ0) is 8.69. The normalized spacial score (nSPS) is 8.55. The topological polar surface area (TPSA) is 87.8 Å². The van der Waals surface area contributed by atoms with Crippen LogP contribution in [0, 0.1) is 0 Å². The predicted octanol–water partition coefficient (Wildman–Crippen LogP) is -0.771. The quantitative estimate of drug-likeness (QED) is 0.434. The Kier molecular flexibility index (Phi) is 4.83. The summed E-state index contributed by atoms with van der Waals surface area (Å²) in [6.07, 6.45) is -0.988. The van der Waals surface area contributed by atoms with Crippen LogP contribution in [-0.4, -0.2) is 32.6 Å². The molecule has 0 rings (SSSR count). The average Bonchev–Trinajstić information content (AvgIpc) is 2.01. The molecular weight excluding hydrogens is 154 g/mol. The summed E-state index contributed by atoms with van der Waals surface area (Å²) in [5.74, 6) is -0.654. The molecule has 0 saturated carbocycles. The molecule has 11 heavy (non-hydrogen) atoms. The zero-order valence-corrected chi connectivity index (χ0v) is 6.03. The van der Waals surface area contributed by atoms with Gasteiger partial charge in [-0.1, -0.05) is 0 Å². The lowest BCUT2D eigenvalue weighted by Crippen LogP contribution is -2.18. The summed E-state index contributed by atoms with van der Waals surface area (Å²) >= 11 is 0. The van der Waals surface area contributed by atoms with E-state index in [9.17, 15) is 9.59 Å². The highest BCUT2D eigenvalue weighted by Crippen LogP contribution is 1.83. The Hall–Kier alpha value is -1.30. The first-order valence-electron chi connectivity index (χ1n) is 2.77. The van der Waals surface area contributed by atoms with Gasteiger partial charge in [0, 0.05) is 0 Å². The van der Waals surface area contributed by atoms with Gasteiger partial charge in [0.1, 0.15) is 6.73 Å². The molecule has 0 bridgehead atoms. The number of nitrogens with two attached hydrogens (primary N) is 1. The number of methoxy groups -OCH3 is 1. The lowest BCUT2D eigenvalue weighted by molar-refractivity contribution is -0.144. The van der Waals surface area contributed by atoms with Gasteiger partial charge in [-0.15, -0.1) is 0 Å². The number of hydrogen-bond acceptors (Lipinski definition) is 6. The second kappa shape index (κ2) is 5.48. The van der Waals surface area contributed by atoms with Gasteiger partial charge in [0.15, 0.2) is 6.61 Å². The minimum atomic E-state index is -0.988. The van der Waals surface area contributed by atoms with Crippen molar-refractivity contribution in [3.8, 4) is 0 Å². The Morgan fingerprint density at radius 2 is 2.00 bits per heavy atom. The highest BCUT2D eigenvalue weighted by atomic mass is 16.7. The smallest absolute Gasteiger partial charge is 0.466 e. The van der Waals surface area contributed by atoms with Crippen LogP contribution < -0.4 is 5.73 Å². The number of carbonyl (C=O) groups excluding carboxylic acids is 2. The van der Waals surface area contributed by atoms with Crippen molar-refractivity contribution < 1.29 is 23.8 Å². The van der Waals surface area contributed by atoms with Crippen molar-refractivity contribution in [2.75, 3.05) is 20.4 Å². The highest BCUT2D eigenvalue weighted by molar-refractivity contribution is 5.73. The molecule has 0 fully saturated rings. The van der Waals surface area contributed by atoms with Gasteiger partial charge in [-0.2, -0.15) is 0 Å². The summed E-state index contributed by atoms with van der Waals surface area (Å²) in [5, 5.41) is 0. The summed E-state index contributed by atoms with van der Waals surface area (Å²) in [4.78, 5) is 20.7. The number of esters is 1. The number of hydrogen-bond donors (Lipinski definition) is 1. The van der Waals surface area contributed by atoms with E-state index in [-0.39, 0.29) is 6.73 Å². The monoisotopic (exact) mass is 163 g/mol. The van der Waals surface area contributed by atoms with Crippen molar-refractivity contribution in [3.63, 3.8) is 0 Å². The Bertz CT molecular complexity index is 146. The standard InChI is InChI=1S/C5H9NO5/c1-9-4(7)2-10-5(8)11-3-6/h2-3,6H2,1H3. The summed E-state index contributed by atoms with van der Waals surface area (Å²) in [7, 11) is 1.18. The van der Waals surface area contributed by atoms with E-state index in [4.69, 9.17) is 5.73 Å². The first-order valence-corrected chi connectivity index (χ1v) is 2.77. The summed E-state index contributed by atoms with van der Waals surface area (Å²) < 4.78 is 12.5. The van der Waals surface area contributed by atoms with Crippen molar-refractivity contribution in [2.45, 2.75) is 0 Å². The Balaban J connectivity index is 3.38. The van der Waals surface area contributed by atoms with Crippen LogP contribution in [-0.2, 0) is 19.0 Å². The van der Waals surface area contributed by atoms with Crippen LogP contribution in [0.15, 0.2) is 0 Å². The molecule has 6 heteroatoms. The average molecular weight is 163 g/mol. The molecule has 64 valence electrons. The zero-order valence-electron chi connectivity index (χ0n) is 6.03. The minimum absolute atomic E-state index is 0.278. The molecule has 6 nitrogen and oxygen atoms in total. The highest BCUT2D eigenvalue weighted by Gasteiger charge is 2.06. The van der Waals surface area contributed by atoms with Gasteiger partial charge in [-0.25, -0.2) is 9.59 Å². The van der Waals surface area contributed by atoms with Crippen molar-refractivity contribution in [1.82, 2.24) is 0 Å². The molecule has 0 aliphatic heterocycles. The Labute approximate surface area is 63.2 Å². The van der Waals surface area contributed by atoms with Crippen LogP contribution >= 0.6 is 0 Å². The molecule has 0 atom stereocenters. The van der Waals surface area contributed by atoms with Crippen molar-refractivity contribution >= 4 is 12.1 Å². The molecule has 0 amide bonds. The third-order valence-corrected chi connectivity index (χ3v) is 0.737. The van der Waals surface area contributed by atoms with Crippen molar-refractivity contribution in [2.24, 2.45) is 5.73 Å². The largest absolute Gasteiger partial charge is 0.510 e. The van der Waals surface area contributed by atoms with Gasteiger partial charge in [0.25, 0.3) is 0 Å². The molecule has 0 aromatic rings. The van der Waals surface area contributed by atoms with E-state index in [1.165, 1.54) is 7.11 Å².